The molecule has 2 heteroatoms. The third-order valence-corrected chi connectivity index (χ3v) is 6.90. The van der Waals surface area contributed by atoms with Crippen molar-refractivity contribution in [1.29, 1.82) is 0 Å². The van der Waals surface area contributed by atoms with Crippen molar-refractivity contribution in [3.05, 3.63) is 47.5 Å². The molecule has 2 fully saturated rings. The van der Waals surface area contributed by atoms with Crippen LogP contribution in [0.2, 0.25) is 0 Å². The summed E-state index contributed by atoms with van der Waals surface area (Å²) in [6, 6.07) is 4.65. The van der Waals surface area contributed by atoms with E-state index in [0.29, 0.717) is 5.56 Å². The fourth-order valence-electron chi connectivity index (χ4n) is 5.30. The van der Waals surface area contributed by atoms with Crippen LogP contribution in [0, 0.1) is 29.4 Å². The van der Waals surface area contributed by atoms with E-state index in [-0.39, 0.29) is 5.92 Å². The van der Waals surface area contributed by atoms with Crippen molar-refractivity contribution in [2.75, 3.05) is 0 Å². The van der Waals surface area contributed by atoms with Crippen LogP contribution in [0.25, 0.3) is 0 Å². The Morgan fingerprint density at radius 3 is 2.19 bits per heavy atom. The van der Waals surface area contributed by atoms with Crippen LogP contribution < -0.4 is 0 Å². The van der Waals surface area contributed by atoms with Gasteiger partial charge in [0.05, 0.1) is 0 Å². The lowest BCUT2D eigenvalue weighted by molar-refractivity contribution is 0.156. The molecular formula is C24H34F2. The minimum absolute atomic E-state index is 0.212. The lowest BCUT2D eigenvalue weighted by Crippen LogP contribution is -2.25. The molecule has 0 atom stereocenters. The van der Waals surface area contributed by atoms with Gasteiger partial charge in [0.2, 0.25) is 0 Å². The molecule has 0 N–H and O–H groups in total. The summed E-state index contributed by atoms with van der Waals surface area (Å²) in [5.74, 6) is 1.50. The monoisotopic (exact) mass is 360 g/mol. The van der Waals surface area contributed by atoms with E-state index in [2.05, 4.69) is 19.1 Å². The molecular weight excluding hydrogens is 326 g/mol. The van der Waals surface area contributed by atoms with Gasteiger partial charge >= 0.3 is 0 Å². The number of rotatable bonds is 6. The molecule has 0 heterocycles. The van der Waals surface area contributed by atoms with E-state index >= 15 is 0 Å². The predicted octanol–water partition coefficient (Wildman–Crippen LogP) is 7.79. The predicted molar refractivity (Wildman–Crippen MR) is 105 cm³/mol. The third-order valence-electron chi connectivity index (χ3n) is 6.90. The second-order valence-corrected chi connectivity index (χ2v) is 8.49. The minimum Gasteiger partial charge on any atom is -0.204 e. The van der Waals surface area contributed by atoms with Gasteiger partial charge in [-0.3, -0.25) is 0 Å². The first-order chi connectivity index (χ1) is 12.7. The number of hydrogen-bond donors (Lipinski definition) is 0. The minimum atomic E-state index is -0.697. The lowest BCUT2D eigenvalue weighted by Gasteiger charge is -2.38. The molecule has 0 aromatic heterocycles. The zero-order valence-corrected chi connectivity index (χ0v) is 16.2. The molecule has 2 aliphatic rings. The van der Waals surface area contributed by atoms with Crippen molar-refractivity contribution < 1.29 is 8.78 Å². The standard InChI is InChI=1S/C24H34F2/c1-2-3-4-5-7-18-10-12-19(13-11-18)20-14-16-21(17-15-20)22-8-6-9-23(25)24(22)26/h3-4,6,8-9,18-21H,2,5,7,10-17H2,1H3. The van der Waals surface area contributed by atoms with Crippen LogP contribution in [0.5, 0.6) is 0 Å². The van der Waals surface area contributed by atoms with E-state index in [1.54, 1.807) is 12.1 Å². The van der Waals surface area contributed by atoms with E-state index in [9.17, 15) is 8.78 Å². The number of allylic oxidation sites excluding steroid dienone is 2. The van der Waals surface area contributed by atoms with Gasteiger partial charge in [-0.1, -0.05) is 44.1 Å². The van der Waals surface area contributed by atoms with E-state index in [4.69, 9.17) is 0 Å². The average molecular weight is 361 g/mol. The molecule has 0 aliphatic heterocycles. The number of halogens is 2. The Bertz CT molecular complexity index is 576. The summed E-state index contributed by atoms with van der Waals surface area (Å²) < 4.78 is 27.5. The van der Waals surface area contributed by atoms with Gasteiger partial charge in [0.15, 0.2) is 11.6 Å². The molecule has 2 aliphatic carbocycles. The highest BCUT2D eigenvalue weighted by Crippen LogP contribution is 2.44. The van der Waals surface area contributed by atoms with Crippen molar-refractivity contribution in [2.45, 2.75) is 83.5 Å². The van der Waals surface area contributed by atoms with Gasteiger partial charge in [0, 0.05) is 0 Å². The van der Waals surface area contributed by atoms with Crippen LogP contribution in [0.15, 0.2) is 30.4 Å². The molecule has 0 amide bonds. The van der Waals surface area contributed by atoms with Crippen LogP contribution in [-0.2, 0) is 0 Å². The van der Waals surface area contributed by atoms with Crippen molar-refractivity contribution in [3.63, 3.8) is 0 Å². The fraction of sp³-hybridized carbons (Fsp3) is 0.667. The Hall–Kier alpha value is -1.18. The lowest BCUT2D eigenvalue weighted by atomic mass is 9.68. The number of benzene rings is 1. The highest BCUT2D eigenvalue weighted by Gasteiger charge is 2.32. The largest absolute Gasteiger partial charge is 0.204 e. The summed E-state index contributed by atoms with van der Waals surface area (Å²) in [7, 11) is 0. The first-order valence-corrected chi connectivity index (χ1v) is 10.8. The summed E-state index contributed by atoms with van der Waals surface area (Å²) in [4.78, 5) is 0. The molecule has 1 aromatic carbocycles. The average Bonchev–Trinajstić information content (AvgIpc) is 2.68. The van der Waals surface area contributed by atoms with Gasteiger partial charge in [-0.25, -0.2) is 8.78 Å². The summed E-state index contributed by atoms with van der Waals surface area (Å²) in [6.45, 7) is 2.19. The van der Waals surface area contributed by atoms with Crippen molar-refractivity contribution in [3.8, 4) is 0 Å². The van der Waals surface area contributed by atoms with Crippen molar-refractivity contribution >= 4 is 0 Å². The normalized spacial score (nSPS) is 30.0. The highest BCUT2D eigenvalue weighted by atomic mass is 19.2. The summed E-state index contributed by atoms with van der Waals surface area (Å²) in [5.41, 5.74) is 0.604. The molecule has 0 bridgehead atoms. The van der Waals surface area contributed by atoms with E-state index in [1.807, 2.05) is 0 Å². The van der Waals surface area contributed by atoms with Gasteiger partial charge in [-0.05, 0) is 93.1 Å². The summed E-state index contributed by atoms with van der Waals surface area (Å²) in [5, 5.41) is 0. The Morgan fingerprint density at radius 2 is 1.54 bits per heavy atom. The van der Waals surface area contributed by atoms with Crippen LogP contribution >= 0.6 is 0 Å². The first-order valence-electron chi connectivity index (χ1n) is 10.8. The van der Waals surface area contributed by atoms with Gasteiger partial charge in [-0.15, -0.1) is 0 Å². The second-order valence-electron chi connectivity index (χ2n) is 8.49. The molecule has 0 radical (unpaired) electrons. The van der Waals surface area contributed by atoms with E-state index in [1.165, 1.54) is 57.4 Å². The molecule has 0 nitrogen and oxygen atoms in total. The van der Waals surface area contributed by atoms with Gasteiger partial charge in [-0.2, -0.15) is 0 Å². The smallest absolute Gasteiger partial charge is 0.162 e. The maximum Gasteiger partial charge on any atom is 0.162 e. The van der Waals surface area contributed by atoms with Gasteiger partial charge < -0.3 is 0 Å². The maximum atomic E-state index is 14.1. The Morgan fingerprint density at radius 1 is 0.885 bits per heavy atom. The van der Waals surface area contributed by atoms with Crippen LogP contribution in [-0.4, -0.2) is 0 Å². The van der Waals surface area contributed by atoms with Gasteiger partial charge in [0.25, 0.3) is 0 Å². The molecule has 144 valence electrons. The molecule has 2 saturated carbocycles. The Labute approximate surface area is 158 Å². The fourth-order valence-corrected chi connectivity index (χ4v) is 5.30. The topological polar surface area (TPSA) is 0 Å². The van der Waals surface area contributed by atoms with Crippen LogP contribution in [0.4, 0.5) is 8.78 Å². The Kier molecular flexibility index (Phi) is 7.28. The third kappa shape index (κ3) is 4.96. The van der Waals surface area contributed by atoms with Gasteiger partial charge in [0.1, 0.15) is 0 Å². The SMILES string of the molecule is CCC=CCCC1CCC(C2CCC(c3cccc(F)c3F)CC2)CC1. The maximum absolute atomic E-state index is 14.1. The van der Waals surface area contributed by atoms with Crippen molar-refractivity contribution in [2.24, 2.45) is 17.8 Å². The molecule has 3 rings (SSSR count). The summed E-state index contributed by atoms with van der Waals surface area (Å²) >= 11 is 0. The van der Waals surface area contributed by atoms with Crippen LogP contribution in [0.1, 0.15) is 89.0 Å². The summed E-state index contributed by atoms with van der Waals surface area (Å²) in [6.07, 6.45) is 18.3. The number of hydrogen-bond acceptors (Lipinski definition) is 0. The van der Waals surface area contributed by atoms with Crippen molar-refractivity contribution in [1.82, 2.24) is 0 Å². The molecule has 1 aromatic rings. The molecule has 26 heavy (non-hydrogen) atoms. The molecule has 0 saturated heterocycles. The quantitative estimate of drug-likeness (QED) is 0.454. The zero-order valence-electron chi connectivity index (χ0n) is 16.2. The van der Waals surface area contributed by atoms with E-state index < -0.39 is 11.6 Å². The molecule has 0 spiro atoms. The first kappa shape index (κ1) is 19.6. The highest BCUT2D eigenvalue weighted by molar-refractivity contribution is 5.23. The Balaban J connectivity index is 1.43. The van der Waals surface area contributed by atoms with Crippen LogP contribution in [0.3, 0.4) is 0 Å². The zero-order chi connectivity index (χ0) is 18.4. The molecule has 0 unspecified atom stereocenters. The second kappa shape index (κ2) is 9.67. The van der Waals surface area contributed by atoms with E-state index in [0.717, 1.165) is 37.0 Å².